The van der Waals surface area contributed by atoms with E-state index in [1.165, 1.54) is 18.2 Å². The van der Waals surface area contributed by atoms with Crippen LogP contribution in [0.1, 0.15) is 22.7 Å². The quantitative estimate of drug-likeness (QED) is 0.892. The first-order chi connectivity index (χ1) is 9.49. The number of aliphatic hydroxyl groups is 1. The molecule has 0 aliphatic carbocycles. The number of halogens is 2. The van der Waals surface area contributed by atoms with Crippen LogP contribution in [0, 0.1) is 25.5 Å². The van der Waals surface area contributed by atoms with E-state index in [0.29, 0.717) is 16.8 Å². The van der Waals surface area contributed by atoms with Crippen molar-refractivity contribution in [3.05, 3.63) is 64.7 Å². The SMILES string of the molecule is Cc1cc(F)cc(NC(CO)c2ccc(C)c(F)c2)c1. The molecule has 20 heavy (non-hydrogen) atoms. The topological polar surface area (TPSA) is 32.3 Å². The zero-order valence-electron chi connectivity index (χ0n) is 11.5. The summed E-state index contributed by atoms with van der Waals surface area (Å²) in [6.07, 6.45) is 0. The molecule has 1 atom stereocenters. The Balaban J connectivity index is 2.26. The second-order valence-electron chi connectivity index (χ2n) is 4.91. The first-order valence-electron chi connectivity index (χ1n) is 6.40. The summed E-state index contributed by atoms with van der Waals surface area (Å²) in [4.78, 5) is 0. The van der Waals surface area contributed by atoms with E-state index in [2.05, 4.69) is 5.32 Å². The summed E-state index contributed by atoms with van der Waals surface area (Å²) in [5.41, 5.74) is 2.51. The Morgan fingerprint density at radius 1 is 1.10 bits per heavy atom. The maximum absolute atomic E-state index is 13.6. The Kier molecular flexibility index (Phi) is 4.35. The predicted molar refractivity (Wildman–Crippen MR) is 75.7 cm³/mol. The van der Waals surface area contributed by atoms with E-state index in [9.17, 15) is 13.9 Å². The molecule has 2 aromatic carbocycles. The third-order valence-electron chi connectivity index (χ3n) is 3.16. The summed E-state index contributed by atoms with van der Waals surface area (Å²) in [6, 6.07) is 8.85. The first kappa shape index (κ1) is 14.5. The zero-order valence-corrected chi connectivity index (χ0v) is 11.5. The minimum atomic E-state index is -0.480. The van der Waals surface area contributed by atoms with Crippen molar-refractivity contribution in [2.24, 2.45) is 0 Å². The predicted octanol–water partition coefficient (Wildman–Crippen LogP) is 3.73. The molecule has 2 rings (SSSR count). The van der Waals surface area contributed by atoms with E-state index in [4.69, 9.17) is 0 Å². The summed E-state index contributed by atoms with van der Waals surface area (Å²) >= 11 is 0. The molecule has 106 valence electrons. The average Bonchev–Trinajstić information content (AvgIpc) is 2.38. The Morgan fingerprint density at radius 3 is 2.45 bits per heavy atom. The highest BCUT2D eigenvalue weighted by atomic mass is 19.1. The standard InChI is InChI=1S/C16H17F2NO/c1-10-5-13(17)8-14(6-10)19-16(9-20)12-4-3-11(2)15(18)7-12/h3-8,16,19-20H,9H2,1-2H3. The van der Waals surface area contributed by atoms with Crippen LogP contribution < -0.4 is 5.32 Å². The lowest BCUT2D eigenvalue weighted by atomic mass is 10.0. The van der Waals surface area contributed by atoms with E-state index < -0.39 is 6.04 Å². The van der Waals surface area contributed by atoms with Crippen molar-refractivity contribution in [3.8, 4) is 0 Å². The number of hydrogen-bond donors (Lipinski definition) is 2. The largest absolute Gasteiger partial charge is 0.394 e. The van der Waals surface area contributed by atoms with Crippen LogP contribution in [0.25, 0.3) is 0 Å². The van der Waals surface area contributed by atoms with Crippen molar-refractivity contribution in [2.45, 2.75) is 19.9 Å². The molecule has 0 aromatic heterocycles. The number of aryl methyl sites for hydroxylation is 2. The maximum Gasteiger partial charge on any atom is 0.126 e. The van der Waals surface area contributed by atoms with Gasteiger partial charge < -0.3 is 10.4 Å². The molecule has 4 heteroatoms. The van der Waals surface area contributed by atoms with Crippen molar-refractivity contribution in [1.29, 1.82) is 0 Å². The molecule has 0 aliphatic heterocycles. The van der Waals surface area contributed by atoms with Gasteiger partial charge in [-0.1, -0.05) is 12.1 Å². The lowest BCUT2D eigenvalue weighted by Crippen LogP contribution is -2.15. The van der Waals surface area contributed by atoms with Gasteiger partial charge in [-0.3, -0.25) is 0 Å². The lowest BCUT2D eigenvalue weighted by molar-refractivity contribution is 0.276. The number of nitrogens with one attached hydrogen (secondary N) is 1. The first-order valence-corrected chi connectivity index (χ1v) is 6.40. The molecule has 0 bridgehead atoms. The zero-order chi connectivity index (χ0) is 14.7. The minimum absolute atomic E-state index is 0.210. The molecule has 0 saturated heterocycles. The number of rotatable bonds is 4. The van der Waals surface area contributed by atoms with Crippen LogP contribution in [-0.2, 0) is 0 Å². The fourth-order valence-corrected chi connectivity index (χ4v) is 2.08. The van der Waals surface area contributed by atoms with E-state index in [1.807, 2.05) is 0 Å². The normalized spacial score (nSPS) is 12.2. The monoisotopic (exact) mass is 277 g/mol. The van der Waals surface area contributed by atoms with E-state index in [1.54, 1.807) is 32.0 Å². The maximum atomic E-state index is 13.6. The molecule has 0 spiro atoms. The molecular weight excluding hydrogens is 260 g/mol. The van der Waals surface area contributed by atoms with Crippen molar-refractivity contribution >= 4 is 5.69 Å². The Bertz CT molecular complexity index is 593. The second kappa shape index (κ2) is 6.01. The van der Waals surface area contributed by atoms with Crippen molar-refractivity contribution < 1.29 is 13.9 Å². The van der Waals surface area contributed by atoms with Crippen LogP contribution in [0.5, 0.6) is 0 Å². The second-order valence-corrected chi connectivity index (χ2v) is 4.91. The molecule has 2 N–H and O–H groups in total. The van der Waals surface area contributed by atoms with Crippen LogP contribution in [-0.4, -0.2) is 11.7 Å². The van der Waals surface area contributed by atoms with Crippen molar-refractivity contribution in [3.63, 3.8) is 0 Å². The summed E-state index contributed by atoms with van der Waals surface area (Å²) in [5.74, 6) is -0.669. The van der Waals surface area contributed by atoms with Crippen LogP contribution in [0.15, 0.2) is 36.4 Å². The van der Waals surface area contributed by atoms with Crippen LogP contribution >= 0.6 is 0 Å². The summed E-state index contributed by atoms with van der Waals surface area (Å²) in [6.45, 7) is 3.25. The number of aliphatic hydroxyl groups excluding tert-OH is 1. The summed E-state index contributed by atoms with van der Waals surface area (Å²) in [7, 11) is 0. The number of benzene rings is 2. The molecule has 2 aromatic rings. The van der Waals surface area contributed by atoms with Crippen molar-refractivity contribution in [2.75, 3.05) is 11.9 Å². The van der Waals surface area contributed by atoms with Gasteiger partial charge in [-0.05, 0) is 54.8 Å². The van der Waals surface area contributed by atoms with Crippen LogP contribution in [0.3, 0.4) is 0 Å². The molecular formula is C16H17F2NO. The van der Waals surface area contributed by atoms with Gasteiger partial charge in [-0.25, -0.2) is 8.78 Å². The van der Waals surface area contributed by atoms with Gasteiger partial charge in [-0.15, -0.1) is 0 Å². The Labute approximate surface area is 117 Å². The fraction of sp³-hybridized carbons (Fsp3) is 0.250. The number of hydrogen-bond acceptors (Lipinski definition) is 2. The van der Waals surface area contributed by atoms with Gasteiger partial charge in [0.25, 0.3) is 0 Å². The van der Waals surface area contributed by atoms with E-state index >= 15 is 0 Å². The third kappa shape index (κ3) is 3.33. The average molecular weight is 277 g/mol. The van der Waals surface area contributed by atoms with Crippen LogP contribution in [0.2, 0.25) is 0 Å². The van der Waals surface area contributed by atoms with Gasteiger partial charge in [0, 0.05) is 5.69 Å². The van der Waals surface area contributed by atoms with Gasteiger partial charge in [0.2, 0.25) is 0 Å². The molecule has 2 nitrogen and oxygen atoms in total. The minimum Gasteiger partial charge on any atom is -0.394 e. The van der Waals surface area contributed by atoms with Gasteiger partial charge in [0.1, 0.15) is 11.6 Å². The van der Waals surface area contributed by atoms with E-state index in [0.717, 1.165) is 5.56 Å². The fourth-order valence-electron chi connectivity index (χ4n) is 2.08. The highest BCUT2D eigenvalue weighted by Gasteiger charge is 2.12. The Morgan fingerprint density at radius 2 is 1.85 bits per heavy atom. The number of anilines is 1. The Hall–Kier alpha value is -1.94. The van der Waals surface area contributed by atoms with Gasteiger partial charge in [0.15, 0.2) is 0 Å². The van der Waals surface area contributed by atoms with Gasteiger partial charge in [0.05, 0.1) is 12.6 Å². The lowest BCUT2D eigenvalue weighted by Gasteiger charge is -2.19. The molecule has 0 amide bonds. The van der Waals surface area contributed by atoms with Crippen molar-refractivity contribution in [1.82, 2.24) is 0 Å². The molecule has 0 aliphatic rings. The molecule has 1 unspecified atom stereocenters. The molecule has 0 heterocycles. The molecule has 0 radical (unpaired) electrons. The smallest absolute Gasteiger partial charge is 0.126 e. The van der Waals surface area contributed by atoms with E-state index in [-0.39, 0.29) is 18.2 Å². The highest BCUT2D eigenvalue weighted by Crippen LogP contribution is 2.22. The van der Waals surface area contributed by atoms with Gasteiger partial charge >= 0.3 is 0 Å². The molecule has 0 saturated carbocycles. The van der Waals surface area contributed by atoms with Crippen LogP contribution in [0.4, 0.5) is 14.5 Å². The highest BCUT2D eigenvalue weighted by molar-refractivity contribution is 5.48. The summed E-state index contributed by atoms with van der Waals surface area (Å²) in [5, 5.41) is 12.5. The third-order valence-corrected chi connectivity index (χ3v) is 3.16. The molecule has 0 fully saturated rings. The van der Waals surface area contributed by atoms with Gasteiger partial charge in [-0.2, -0.15) is 0 Å². The summed E-state index contributed by atoms with van der Waals surface area (Å²) < 4.78 is 26.9.